The molecule has 1 N–H and O–H groups in total. The van der Waals surface area contributed by atoms with E-state index in [0.29, 0.717) is 11.1 Å². The minimum atomic E-state index is -0.681. The zero-order valence-corrected chi connectivity index (χ0v) is 9.10. The zero-order chi connectivity index (χ0) is 12.4. The Kier molecular flexibility index (Phi) is 2.78. The Morgan fingerprint density at radius 1 is 1.53 bits per heavy atom. The van der Waals surface area contributed by atoms with Crippen LogP contribution in [-0.2, 0) is 23.2 Å². The van der Waals surface area contributed by atoms with Crippen LogP contribution in [0.1, 0.15) is 5.56 Å². The number of hydrogen-bond donors (Lipinski definition) is 1. The first-order chi connectivity index (χ1) is 8.11. The Labute approximate surface area is 95.8 Å². The van der Waals surface area contributed by atoms with Gasteiger partial charge in [0.25, 0.3) is 5.91 Å². The second-order valence-corrected chi connectivity index (χ2v) is 3.56. The van der Waals surface area contributed by atoms with Crippen molar-refractivity contribution in [2.75, 3.05) is 0 Å². The number of benzene rings is 1. The summed E-state index contributed by atoms with van der Waals surface area (Å²) in [6, 6.07) is 5.13. The maximum Gasteiger partial charge on any atom is 0.419 e. The molecule has 17 heavy (non-hydrogen) atoms. The van der Waals surface area contributed by atoms with Gasteiger partial charge in [0.1, 0.15) is 0 Å². The molecular weight excluding hydrogens is 224 g/mol. The molecule has 1 amide bonds. The summed E-state index contributed by atoms with van der Waals surface area (Å²) in [4.78, 5) is 32.1. The van der Waals surface area contributed by atoms with E-state index in [1.54, 1.807) is 25.2 Å². The highest BCUT2D eigenvalue weighted by molar-refractivity contribution is 6.23. The van der Waals surface area contributed by atoms with E-state index >= 15 is 0 Å². The van der Waals surface area contributed by atoms with Crippen molar-refractivity contribution in [3.05, 3.63) is 34.3 Å². The molecule has 0 atom stereocenters. The van der Waals surface area contributed by atoms with Crippen LogP contribution < -0.4 is 11.1 Å². The van der Waals surface area contributed by atoms with E-state index in [4.69, 9.17) is 4.42 Å². The Morgan fingerprint density at radius 2 is 2.29 bits per heavy atom. The Balaban J connectivity index is 2.29. The molecular formula is C11H10N2O4. The fourth-order valence-corrected chi connectivity index (χ4v) is 1.52. The van der Waals surface area contributed by atoms with E-state index in [9.17, 15) is 14.4 Å². The lowest BCUT2D eigenvalue weighted by molar-refractivity contribution is -0.131. The topological polar surface area (TPSA) is 81.3 Å². The van der Waals surface area contributed by atoms with Gasteiger partial charge in [-0.25, -0.2) is 4.79 Å². The Hall–Kier alpha value is -2.37. The third kappa shape index (κ3) is 2.10. The van der Waals surface area contributed by atoms with Crippen LogP contribution in [0.15, 0.2) is 27.4 Å². The Bertz CT molecular complexity index is 638. The highest BCUT2D eigenvalue weighted by Gasteiger charge is 2.06. The number of fused-ring (bicyclic) bond motifs is 1. The molecule has 1 heterocycles. The molecule has 0 saturated heterocycles. The number of carbonyl (C=O) groups is 2. The van der Waals surface area contributed by atoms with Crippen molar-refractivity contribution in [2.24, 2.45) is 7.05 Å². The van der Waals surface area contributed by atoms with Crippen molar-refractivity contribution >= 4 is 23.3 Å². The van der Waals surface area contributed by atoms with Crippen LogP contribution in [0, 0.1) is 0 Å². The van der Waals surface area contributed by atoms with E-state index in [0.717, 1.165) is 5.56 Å². The van der Waals surface area contributed by atoms with Crippen LogP contribution >= 0.6 is 0 Å². The summed E-state index contributed by atoms with van der Waals surface area (Å²) in [5, 5.41) is 2.40. The number of aromatic nitrogens is 1. The first-order valence-electron chi connectivity index (χ1n) is 4.93. The quantitative estimate of drug-likeness (QED) is 0.596. The molecule has 6 nitrogen and oxygen atoms in total. The summed E-state index contributed by atoms with van der Waals surface area (Å²) in [5.41, 5.74) is 1.89. The minimum absolute atomic E-state index is 0.209. The molecule has 88 valence electrons. The van der Waals surface area contributed by atoms with Gasteiger partial charge in [-0.3, -0.25) is 14.2 Å². The number of nitrogens with one attached hydrogen (secondary N) is 1. The number of aldehydes is 1. The van der Waals surface area contributed by atoms with E-state index < -0.39 is 11.7 Å². The van der Waals surface area contributed by atoms with Crippen LogP contribution in [0.2, 0.25) is 0 Å². The van der Waals surface area contributed by atoms with Gasteiger partial charge in [-0.2, -0.15) is 0 Å². The molecule has 0 radical (unpaired) electrons. The largest absolute Gasteiger partial charge is 0.419 e. The van der Waals surface area contributed by atoms with E-state index in [-0.39, 0.29) is 12.8 Å². The molecule has 0 unspecified atom stereocenters. The van der Waals surface area contributed by atoms with Crippen LogP contribution in [0.25, 0.3) is 11.1 Å². The first kappa shape index (κ1) is 11.1. The lowest BCUT2D eigenvalue weighted by atomic mass is 10.2. The van der Waals surface area contributed by atoms with Gasteiger partial charge >= 0.3 is 5.76 Å². The van der Waals surface area contributed by atoms with E-state index in [2.05, 4.69) is 5.32 Å². The molecule has 0 aliphatic rings. The average molecular weight is 234 g/mol. The van der Waals surface area contributed by atoms with Gasteiger partial charge in [0, 0.05) is 13.6 Å². The van der Waals surface area contributed by atoms with Crippen LogP contribution in [0.4, 0.5) is 0 Å². The van der Waals surface area contributed by atoms with Crippen LogP contribution in [0.5, 0.6) is 0 Å². The number of carbonyl (C=O) groups excluding carboxylic acids is 2. The van der Waals surface area contributed by atoms with Crippen molar-refractivity contribution in [2.45, 2.75) is 6.54 Å². The lowest BCUT2D eigenvalue weighted by Crippen LogP contribution is -2.23. The van der Waals surface area contributed by atoms with Crippen molar-refractivity contribution < 1.29 is 14.0 Å². The maximum atomic E-state index is 11.2. The normalized spacial score (nSPS) is 10.4. The molecule has 0 saturated carbocycles. The van der Waals surface area contributed by atoms with Crippen molar-refractivity contribution in [1.29, 1.82) is 0 Å². The van der Waals surface area contributed by atoms with Crippen molar-refractivity contribution in [1.82, 2.24) is 9.88 Å². The van der Waals surface area contributed by atoms with Crippen LogP contribution in [0.3, 0.4) is 0 Å². The number of oxazole rings is 1. The van der Waals surface area contributed by atoms with Gasteiger partial charge in [-0.05, 0) is 17.7 Å². The second kappa shape index (κ2) is 4.25. The number of amides is 1. The molecule has 0 aliphatic heterocycles. The van der Waals surface area contributed by atoms with Gasteiger partial charge < -0.3 is 9.73 Å². The smallest absolute Gasteiger partial charge is 0.408 e. The summed E-state index contributed by atoms with van der Waals surface area (Å²) in [7, 11) is 1.61. The van der Waals surface area contributed by atoms with Gasteiger partial charge in [0.2, 0.25) is 6.29 Å². The second-order valence-electron chi connectivity index (χ2n) is 3.56. The monoisotopic (exact) mass is 234 g/mol. The molecule has 2 rings (SSSR count). The number of rotatable bonds is 3. The van der Waals surface area contributed by atoms with E-state index in [1.807, 2.05) is 0 Å². The van der Waals surface area contributed by atoms with Gasteiger partial charge in [0.15, 0.2) is 5.58 Å². The van der Waals surface area contributed by atoms with Gasteiger partial charge in [-0.15, -0.1) is 0 Å². The zero-order valence-electron chi connectivity index (χ0n) is 9.10. The van der Waals surface area contributed by atoms with Crippen molar-refractivity contribution in [3.8, 4) is 0 Å². The van der Waals surface area contributed by atoms with E-state index in [1.165, 1.54) is 4.57 Å². The summed E-state index contributed by atoms with van der Waals surface area (Å²) >= 11 is 0. The molecule has 0 spiro atoms. The molecule has 0 bridgehead atoms. The summed E-state index contributed by atoms with van der Waals surface area (Å²) in [6.45, 7) is 0.214. The van der Waals surface area contributed by atoms with Crippen molar-refractivity contribution in [3.63, 3.8) is 0 Å². The number of hydrogen-bond acceptors (Lipinski definition) is 4. The third-order valence-corrected chi connectivity index (χ3v) is 2.43. The molecule has 1 aromatic heterocycles. The summed E-state index contributed by atoms with van der Waals surface area (Å²) in [5.74, 6) is -1.12. The number of nitrogens with zero attached hydrogens (tertiary/aromatic N) is 1. The standard InChI is InChI=1S/C11H10N2O4/c1-13-8-3-2-7(5-12-10(15)6-14)4-9(8)17-11(13)16/h2-4,6H,5H2,1H3,(H,12,15). The fourth-order valence-electron chi connectivity index (χ4n) is 1.52. The van der Waals surface area contributed by atoms with Gasteiger partial charge in [0.05, 0.1) is 5.52 Å². The van der Waals surface area contributed by atoms with Gasteiger partial charge in [-0.1, -0.05) is 6.07 Å². The third-order valence-electron chi connectivity index (χ3n) is 2.43. The highest BCUT2D eigenvalue weighted by Crippen LogP contribution is 2.13. The summed E-state index contributed by atoms with van der Waals surface area (Å²) in [6.07, 6.45) is 0.209. The molecule has 1 aromatic carbocycles. The predicted molar refractivity (Wildman–Crippen MR) is 59.4 cm³/mol. The SMILES string of the molecule is Cn1c(=O)oc2cc(CNC(=O)C=O)ccc21. The molecule has 2 aromatic rings. The first-order valence-corrected chi connectivity index (χ1v) is 4.93. The fraction of sp³-hybridized carbons (Fsp3) is 0.182. The lowest BCUT2D eigenvalue weighted by Gasteiger charge is -2.01. The number of aryl methyl sites for hydroxylation is 1. The molecule has 0 aliphatic carbocycles. The average Bonchev–Trinajstić information content (AvgIpc) is 2.62. The maximum absolute atomic E-state index is 11.2. The Morgan fingerprint density at radius 3 is 3.00 bits per heavy atom. The minimum Gasteiger partial charge on any atom is -0.408 e. The molecule has 6 heteroatoms. The van der Waals surface area contributed by atoms with Crippen LogP contribution in [-0.4, -0.2) is 16.8 Å². The predicted octanol–water partition coefficient (Wildman–Crippen LogP) is -0.0534. The highest BCUT2D eigenvalue weighted by atomic mass is 16.4. The summed E-state index contributed by atoms with van der Waals surface area (Å²) < 4.78 is 6.39. The molecule has 0 fully saturated rings.